The fraction of sp³-hybridized carbons (Fsp3) is 0.694. The van der Waals surface area contributed by atoms with Crippen molar-refractivity contribution in [3.8, 4) is 5.75 Å². The molecule has 0 bridgehead atoms. The molecule has 1 fully saturated rings. The zero-order valence-electron chi connectivity index (χ0n) is 30.6. The zero-order valence-corrected chi connectivity index (χ0v) is 32.1. The number of rotatable bonds is 20. The number of aliphatic hydroxyl groups excluding tert-OH is 1. The Balaban J connectivity index is 2.25. The molecule has 1 unspecified atom stereocenters. The number of phenols is 1. The Morgan fingerprint density at radius 3 is 2.04 bits per heavy atom. The highest BCUT2D eigenvalue weighted by molar-refractivity contribution is 6.44. The van der Waals surface area contributed by atoms with E-state index < -0.39 is 82.6 Å². The zero-order chi connectivity index (χ0) is 38.6. The van der Waals surface area contributed by atoms with Crippen molar-refractivity contribution in [1.82, 2.24) is 20.0 Å². The third kappa shape index (κ3) is 12.8. The summed E-state index contributed by atoms with van der Waals surface area (Å²) in [5.41, 5.74) is 6.78. The van der Waals surface area contributed by atoms with Gasteiger partial charge >= 0.3 is 5.97 Å². The van der Waals surface area contributed by atoms with E-state index in [0.29, 0.717) is 37.7 Å². The minimum atomic E-state index is -1.56. The lowest BCUT2D eigenvalue weighted by molar-refractivity contribution is -0.155. The van der Waals surface area contributed by atoms with Gasteiger partial charge in [0.25, 0.3) is 5.91 Å². The number of amides is 4. The number of likely N-dealkylation sites (N-methyl/N-ethyl adjacent to an activating group) is 2. The average molecular weight is 759 g/mol. The van der Waals surface area contributed by atoms with Gasteiger partial charge in [0.1, 0.15) is 40.9 Å². The van der Waals surface area contributed by atoms with Crippen LogP contribution in [0.4, 0.5) is 0 Å². The number of carbonyl (C=O) groups excluding carboxylic acids is 4. The minimum Gasteiger partial charge on any atom is -0.508 e. The second-order valence-electron chi connectivity index (χ2n) is 14.2. The Labute approximate surface area is 311 Å². The van der Waals surface area contributed by atoms with Crippen LogP contribution in [-0.4, -0.2) is 121 Å². The first-order valence-corrected chi connectivity index (χ1v) is 18.6. The molecule has 2 rings (SSSR count). The molecule has 6 atom stereocenters. The third-order valence-corrected chi connectivity index (χ3v) is 9.99. The number of nitrogens with zero attached hydrogens (tertiary/aromatic N) is 3. The van der Waals surface area contributed by atoms with Crippen molar-refractivity contribution in [2.24, 2.45) is 17.6 Å². The van der Waals surface area contributed by atoms with Gasteiger partial charge in [0, 0.05) is 33.1 Å². The standard InChI is InChI=1S/C36H57Cl2N5O8/c1-21(2)29(40-32(46)31(45)25(39)12-9-7-8-10-14-28(37)38)34(48)42(6)30(22(3)4)35(49)41(5)27(20-23-15-17-24(44)18-16-23)33(47)43-19-11-13-26(43)36(50)51/h15-18,21-22,25-31,44-45H,7-14,19-20,39H2,1-6H3,(H,40,46)(H,50,51)/t25-,26-,27-,29-,30?,31-/m0/s1. The van der Waals surface area contributed by atoms with Gasteiger partial charge in [0.2, 0.25) is 17.7 Å². The van der Waals surface area contributed by atoms with Gasteiger partial charge in [-0.25, -0.2) is 4.79 Å². The van der Waals surface area contributed by atoms with Crippen LogP contribution in [-0.2, 0) is 30.4 Å². The number of unbranched alkanes of at least 4 members (excludes halogenated alkanes) is 3. The average Bonchev–Trinajstić information content (AvgIpc) is 3.57. The number of hydrogen-bond donors (Lipinski definition) is 5. The van der Waals surface area contributed by atoms with Crippen LogP contribution in [0.5, 0.6) is 5.75 Å². The number of phenolic OH excluding ortho intramolecular Hbond substituents is 1. The summed E-state index contributed by atoms with van der Waals surface area (Å²) >= 11 is 11.5. The van der Waals surface area contributed by atoms with Gasteiger partial charge < -0.3 is 41.1 Å². The number of aliphatic hydroxyl groups is 1. The molecule has 1 aromatic rings. The number of benzene rings is 1. The van der Waals surface area contributed by atoms with E-state index in [-0.39, 0.29) is 18.7 Å². The van der Waals surface area contributed by atoms with Crippen molar-refractivity contribution in [3.63, 3.8) is 0 Å². The maximum atomic E-state index is 14.3. The number of likely N-dealkylation sites (tertiary alicyclic amines) is 1. The number of carbonyl (C=O) groups is 5. The van der Waals surface area contributed by atoms with Crippen LogP contribution in [0.15, 0.2) is 24.3 Å². The number of carboxylic acid groups (broad SMARTS) is 1. The second kappa shape index (κ2) is 20.8. The molecule has 6 N–H and O–H groups in total. The number of nitrogens with one attached hydrogen (secondary N) is 1. The first-order valence-electron chi connectivity index (χ1n) is 17.8. The number of hydrogen-bond acceptors (Lipinski definition) is 8. The van der Waals surface area contributed by atoms with Crippen LogP contribution in [0, 0.1) is 11.8 Å². The fourth-order valence-electron chi connectivity index (χ4n) is 6.48. The summed E-state index contributed by atoms with van der Waals surface area (Å²) < 4.78 is 0. The Hall–Kier alpha value is -3.13. The van der Waals surface area contributed by atoms with Crippen LogP contribution >= 0.6 is 23.2 Å². The number of aromatic hydroxyl groups is 1. The highest BCUT2D eigenvalue weighted by Crippen LogP contribution is 2.24. The summed E-state index contributed by atoms with van der Waals surface area (Å²) in [6.45, 7) is 7.20. The Morgan fingerprint density at radius 1 is 0.922 bits per heavy atom. The van der Waals surface area contributed by atoms with E-state index in [2.05, 4.69) is 5.32 Å². The van der Waals surface area contributed by atoms with Gasteiger partial charge in [-0.1, -0.05) is 65.5 Å². The highest BCUT2D eigenvalue weighted by Gasteiger charge is 2.43. The summed E-state index contributed by atoms with van der Waals surface area (Å²) in [6, 6.07) is 1.02. The largest absolute Gasteiger partial charge is 0.508 e. The summed E-state index contributed by atoms with van der Waals surface area (Å²) in [6.07, 6.45) is 3.62. The van der Waals surface area contributed by atoms with Crippen molar-refractivity contribution in [1.29, 1.82) is 0 Å². The topological polar surface area (TPSA) is 194 Å². The maximum Gasteiger partial charge on any atom is 0.326 e. The van der Waals surface area contributed by atoms with Crippen LogP contribution in [0.25, 0.3) is 0 Å². The predicted octanol–water partition coefficient (Wildman–Crippen LogP) is 3.29. The molecule has 13 nitrogen and oxygen atoms in total. The molecule has 51 heavy (non-hydrogen) atoms. The molecule has 1 aliphatic heterocycles. The van der Waals surface area contributed by atoms with E-state index in [0.717, 1.165) is 19.3 Å². The van der Waals surface area contributed by atoms with Crippen LogP contribution < -0.4 is 11.1 Å². The Kier molecular flexibility index (Phi) is 18.0. The minimum absolute atomic E-state index is 0.0254. The molecule has 0 aliphatic carbocycles. The summed E-state index contributed by atoms with van der Waals surface area (Å²) in [5.74, 6) is -4.39. The van der Waals surface area contributed by atoms with Gasteiger partial charge in [-0.15, -0.1) is 23.2 Å². The molecule has 1 aromatic carbocycles. The number of nitrogens with two attached hydrogens (primary N) is 1. The summed E-state index contributed by atoms with van der Waals surface area (Å²) in [5, 5.41) is 32.9. The summed E-state index contributed by atoms with van der Waals surface area (Å²) in [4.78, 5) is 70.8. The number of carboxylic acids is 1. The SMILES string of the molecule is CC(C)C(C(=O)N(C)[C@@H](Cc1ccc(O)cc1)C(=O)N1CCC[C@H]1C(=O)O)N(C)C(=O)[C@@H](NC(=O)[C@@H](O)[C@@H](N)CCCCCCC(Cl)Cl)C(C)C. The predicted molar refractivity (Wildman–Crippen MR) is 196 cm³/mol. The van der Waals surface area contributed by atoms with Crippen LogP contribution in [0.3, 0.4) is 0 Å². The summed E-state index contributed by atoms with van der Waals surface area (Å²) in [7, 11) is 2.91. The molecule has 15 heteroatoms. The number of aliphatic carboxylic acids is 1. The van der Waals surface area contributed by atoms with Crippen molar-refractivity contribution in [3.05, 3.63) is 29.8 Å². The molecular formula is C36H57Cl2N5O8. The molecule has 1 saturated heterocycles. The maximum absolute atomic E-state index is 14.3. The van der Waals surface area contributed by atoms with Gasteiger partial charge in [-0.2, -0.15) is 0 Å². The molecular weight excluding hydrogens is 701 g/mol. The van der Waals surface area contributed by atoms with Crippen LogP contribution in [0.2, 0.25) is 0 Å². The molecule has 1 aliphatic rings. The van der Waals surface area contributed by atoms with Crippen molar-refractivity contribution in [2.45, 2.75) is 127 Å². The quantitative estimate of drug-likeness (QED) is 0.0981. The lowest BCUT2D eigenvalue weighted by atomic mass is 9.95. The smallest absolute Gasteiger partial charge is 0.326 e. The van der Waals surface area contributed by atoms with E-state index in [1.54, 1.807) is 39.8 Å². The normalized spacial score (nSPS) is 17.6. The molecule has 0 radical (unpaired) electrons. The van der Waals surface area contributed by atoms with E-state index in [1.165, 1.54) is 40.9 Å². The molecule has 0 saturated carbocycles. The van der Waals surface area contributed by atoms with Crippen LogP contribution in [0.1, 0.15) is 84.6 Å². The molecule has 4 amide bonds. The molecule has 288 valence electrons. The van der Waals surface area contributed by atoms with Crippen molar-refractivity contribution in [2.75, 3.05) is 20.6 Å². The van der Waals surface area contributed by atoms with Gasteiger partial charge in [0.05, 0.1) is 0 Å². The number of halogens is 2. The fourth-order valence-corrected chi connectivity index (χ4v) is 6.79. The molecule has 1 heterocycles. The Bertz CT molecular complexity index is 1310. The van der Waals surface area contributed by atoms with Crippen molar-refractivity contribution >= 4 is 52.8 Å². The van der Waals surface area contributed by atoms with Gasteiger partial charge in [-0.3, -0.25) is 19.2 Å². The molecule has 0 aromatic heterocycles. The third-order valence-electron chi connectivity index (χ3n) is 9.55. The second-order valence-corrected chi connectivity index (χ2v) is 15.5. The van der Waals surface area contributed by atoms with Gasteiger partial charge in [0.15, 0.2) is 0 Å². The van der Waals surface area contributed by atoms with Gasteiger partial charge in [-0.05, 0) is 55.2 Å². The van der Waals surface area contributed by atoms with Crippen molar-refractivity contribution < 1.29 is 39.3 Å². The number of alkyl halides is 2. The first kappa shape index (κ1) is 44.0. The Morgan fingerprint density at radius 2 is 1.51 bits per heavy atom. The lowest BCUT2D eigenvalue weighted by Crippen LogP contribution is -2.61. The monoisotopic (exact) mass is 757 g/mol. The van der Waals surface area contributed by atoms with E-state index in [1.807, 2.05) is 0 Å². The lowest BCUT2D eigenvalue weighted by Gasteiger charge is -2.39. The molecule has 0 spiro atoms. The van der Waals surface area contributed by atoms with E-state index in [4.69, 9.17) is 28.9 Å². The first-order chi connectivity index (χ1) is 23.9. The highest BCUT2D eigenvalue weighted by atomic mass is 35.5. The van der Waals surface area contributed by atoms with E-state index in [9.17, 15) is 39.3 Å². The van der Waals surface area contributed by atoms with E-state index >= 15 is 0 Å².